The van der Waals surface area contributed by atoms with Crippen molar-refractivity contribution in [3.8, 4) is 5.75 Å². The fourth-order valence-electron chi connectivity index (χ4n) is 1.51. The van der Waals surface area contributed by atoms with Gasteiger partial charge in [-0.1, -0.05) is 35.3 Å². The van der Waals surface area contributed by atoms with Crippen LogP contribution in [0.25, 0.3) is 0 Å². The van der Waals surface area contributed by atoms with E-state index in [0.717, 1.165) is 5.69 Å². The van der Waals surface area contributed by atoms with Crippen molar-refractivity contribution in [2.75, 3.05) is 5.32 Å². The van der Waals surface area contributed by atoms with Crippen molar-refractivity contribution in [3.63, 3.8) is 0 Å². The summed E-state index contributed by atoms with van der Waals surface area (Å²) in [7, 11) is 0. The number of hydrogen-bond acceptors (Lipinski definition) is 2. The third-order valence-corrected chi connectivity index (χ3v) is 3.21. The quantitative estimate of drug-likeness (QED) is 0.873. The second-order valence-electron chi connectivity index (χ2n) is 3.73. The molecule has 0 spiro atoms. The molecule has 0 amide bonds. The van der Waals surface area contributed by atoms with Crippen LogP contribution in [0, 0.1) is 5.82 Å². The Kier molecular flexibility index (Phi) is 3.94. The van der Waals surface area contributed by atoms with E-state index in [4.69, 9.17) is 23.2 Å². The van der Waals surface area contributed by atoms with Gasteiger partial charge in [0.1, 0.15) is 0 Å². The van der Waals surface area contributed by atoms with Gasteiger partial charge in [0.25, 0.3) is 0 Å². The van der Waals surface area contributed by atoms with Gasteiger partial charge in [0.15, 0.2) is 11.6 Å². The van der Waals surface area contributed by atoms with Gasteiger partial charge in [-0.25, -0.2) is 4.39 Å². The van der Waals surface area contributed by atoms with Crippen LogP contribution < -0.4 is 5.32 Å². The molecule has 0 bridgehead atoms. The summed E-state index contributed by atoms with van der Waals surface area (Å²) in [6, 6.07) is 9.48. The number of nitrogens with one attached hydrogen (secondary N) is 1. The Morgan fingerprint density at radius 1 is 1.11 bits per heavy atom. The highest BCUT2D eigenvalue weighted by Gasteiger charge is 2.06. The van der Waals surface area contributed by atoms with E-state index in [2.05, 4.69) is 5.32 Å². The van der Waals surface area contributed by atoms with E-state index in [1.807, 2.05) is 0 Å². The first-order chi connectivity index (χ1) is 8.58. The van der Waals surface area contributed by atoms with Crippen LogP contribution in [-0.4, -0.2) is 5.11 Å². The van der Waals surface area contributed by atoms with Crippen LogP contribution in [0.15, 0.2) is 36.4 Å². The molecule has 0 aliphatic rings. The zero-order valence-corrected chi connectivity index (χ0v) is 10.8. The predicted molar refractivity (Wildman–Crippen MR) is 71.9 cm³/mol. The van der Waals surface area contributed by atoms with Gasteiger partial charge in [-0.05, 0) is 24.3 Å². The molecule has 2 aromatic rings. The number of phenolic OH excluding ortho intramolecular Hbond substituents is 1. The van der Waals surface area contributed by atoms with Crippen LogP contribution in [0.5, 0.6) is 5.75 Å². The summed E-state index contributed by atoms with van der Waals surface area (Å²) in [5.74, 6) is -0.978. The minimum atomic E-state index is -0.636. The zero-order chi connectivity index (χ0) is 13.1. The fraction of sp³-hybridized carbons (Fsp3) is 0.0769. The Labute approximate surface area is 114 Å². The first-order valence-corrected chi connectivity index (χ1v) is 5.99. The van der Waals surface area contributed by atoms with Crippen molar-refractivity contribution in [2.45, 2.75) is 6.54 Å². The normalized spacial score (nSPS) is 10.4. The Morgan fingerprint density at radius 3 is 2.61 bits per heavy atom. The average molecular weight is 286 g/mol. The summed E-state index contributed by atoms with van der Waals surface area (Å²) < 4.78 is 13.1. The summed E-state index contributed by atoms with van der Waals surface area (Å²) in [6.45, 7) is 0.293. The van der Waals surface area contributed by atoms with E-state index in [-0.39, 0.29) is 5.75 Å². The Hall–Kier alpha value is -1.45. The lowest BCUT2D eigenvalue weighted by Crippen LogP contribution is -2.00. The van der Waals surface area contributed by atoms with Crippen molar-refractivity contribution in [1.82, 2.24) is 0 Å². The third kappa shape index (κ3) is 2.86. The SMILES string of the molecule is Oc1c(F)cccc1CNc1ccc(Cl)c(Cl)c1. The van der Waals surface area contributed by atoms with E-state index in [0.29, 0.717) is 22.2 Å². The minimum Gasteiger partial charge on any atom is -0.505 e. The summed E-state index contributed by atoms with van der Waals surface area (Å²) in [4.78, 5) is 0. The first-order valence-electron chi connectivity index (χ1n) is 5.23. The second kappa shape index (κ2) is 5.46. The number of aromatic hydroxyl groups is 1. The Balaban J connectivity index is 2.11. The fourth-order valence-corrected chi connectivity index (χ4v) is 1.80. The molecule has 18 heavy (non-hydrogen) atoms. The van der Waals surface area contributed by atoms with Gasteiger partial charge in [-0.2, -0.15) is 0 Å². The highest BCUT2D eigenvalue weighted by molar-refractivity contribution is 6.42. The van der Waals surface area contributed by atoms with Gasteiger partial charge >= 0.3 is 0 Å². The minimum absolute atomic E-state index is 0.293. The van der Waals surface area contributed by atoms with Crippen molar-refractivity contribution in [3.05, 3.63) is 57.8 Å². The molecule has 0 fully saturated rings. The molecule has 0 aliphatic heterocycles. The summed E-state index contributed by atoms with van der Waals surface area (Å²) >= 11 is 11.7. The molecule has 0 aromatic heterocycles. The maximum atomic E-state index is 13.1. The van der Waals surface area contributed by atoms with Crippen LogP contribution in [0.1, 0.15) is 5.56 Å². The largest absolute Gasteiger partial charge is 0.505 e. The predicted octanol–water partition coefficient (Wildman–Crippen LogP) is 4.45. The van der Waals surface area contributed by atoms with Crippen molar-refractivity contribution >= 4 is 28.9 Å². The van der Waals surface area contributed by atoms with Crippen LogP contribution in [-0.2, 0) is 6.54 Å². The molecule has 94 valence electrons. The van der Waals surface area contributed by atoms with Gasteiger partial charge in [-0.15, -0.1) is 0 Å². The lowest BCUT2D eigenvalue weighted by Gasteiger charge is -2.09. The molecular formula is C13H10Cl2FNO. The molecular weight excluding hydrogens is 276 g/mol. The van der Waals surface area contributed by atoms with Crippen molar-refractivity contribution < 1.29 is 9.50 Å². The smallest absolute Gasteiger partial charge is 0.165 e. The summed E-state index contributed by atoms with van der Waals surface area (Å²) in [6.07, 6.45) is 0. The van der Waals surface area contributed by atoms with E-state index in [9.17, 15) is 9.50 Å². The van der Waals surface area contributed by atoms with E-state index in [1.54, 1.807) is 30.3 Å². The standard InChI is InChI=1S/C13H10Cl2FNO/c14-10-5-4-9(6-11(10)15)17-7-8-2-1-3-12(16)13(8)18/h1-6,17-18H,7H2. The van der Waals surface area contributed by atoms with Crippen LogP contribution in [0.3, 0.4) is 0 Å². The number of halogens is 3. The first kappa shape index (κ1) is 13.0. The highest BCUT2D eigenvalue weighted by atomic mass is 35.5. The summed E-state index contributed by atoms with van der Waals surface area (Å²) in [5.41, 5.74) is 1.22. The van der Waals surface area contributed by atoms with E-state index >= 15 is 0 Å². The molecule has 0 aliphatic carbocycles. The van der Waals surface area contributed by atoms with Gasteiger partial charge in [0.2, 0.25) is 0 Å². The molecule has 0 atom stereocenters. The molecule has 2 rings (SSSR count). The maximum Gasteiger partial charge on any atom is 0.165 e. The summed E-state index contributed by atoms with van der Waals surface area (Å²) in [5, 5.41) is 13.4. The van der Waals surface area contributed by atoms with Crippen LogP contribution >= 0.6 is 23.2 Å². The zero-order valence-electron chi connectivity index (χ0n) is 9.25. The molecule has 2 N–H and O–H groups in total. The molecule has 2 aromatic carbocycles. The molecule has 5 heteroatoms. The van der Waals surface area contributed by atoms with E-state index in [1.165, 1.54) is 6.07 Å². The van der Waals surface area contributed by atoms with Gasteiger partial charge in [0, 0.05) is 17.8 Å². The van der Waals surface area contributed by atoms with Gasteiger partial charge in [0.05, 0.1) is 10.0 Å². The molecule has 0 unspecified atom stereocenters. The lowest BCUT2D eigenvalue weighted by molar-refractivity contribution is 0.427. The second-order valence-corrected chi connectivity index (χ2v) is 4.54. The lowest BCUT2D eigenvalue weighted by atomic mass is 10.2. The molecule has 2 nitrogen and oxygen atoms in total. The monoisotopic (exact) mass is 285 g/mol. The molecule has 0 saturated heterocycles. The number of benzene rings is 2. The number of anilines is 1. The van der Waals surface area contributed by atoms with Gasteiger partial charge in [-0.3, -0.25) is 0 Å². The Bertz CT molecular complexity index is 575. The Morgan fingerprint density at radius 2 is 1.89 bits per heavy atom. The van der Waals surface area contributed by atoms with Crippen LogP contribution in [0.4, 0.5) is 10.1 Å². The number of rotatable bonds is 3. The maximum absolute atomic E-state index is 13.1. The highest BCUT2D eigenvalue weighted by Crippen LogP contribution is 2.26. The average Bonchev–Trinajstić information content (AvgIpc) is 2.35. The van der Waals surface area contributed by atoms with Crippen LogP contribution in [0.2, 0.25) is 10.0 Å². The van der Waals surface area contributed by atoms with Gasteiger partial charge < -0.3 is 10.4 Å². The van der Waals surface area contributed by atoms with Crippen molar-refractivity contribution in [2.24, 2.45) is 0 Å². The van der Waals surface area contributed by atoms with E-state index < -0.39 is 5.82 Å². The topological polar surface area (TPSA) is 32.3 Å². The van der Waals surface area contributed by atoms with Crippen molar-refractivity contribution in [1.29, 1.82) is 0 Å². The number of hydrogen-bond donors (Lipinski definition) is 2. The molecule has 0 heterocycles. The number of para-hydroxylation sites is 1. The molecule has 0 radical (unpaired) electrons. The number of phenols is 1. The molecule has 0 saturated carbocycles. The third-order valence-electron chi connectivity index (χ3n) is 2.47.